The molecule has 0 aliphatic heterocycles. The predicted molar refractivity (Wildman–Crippen MR) is 88.5 cm³/mol. The molecule has 0 bridgehead atoms. The highest BCUT2D eigenvalue weighted by Gasteiger charge is 2.24. The Morgan fingerprint density at radius 3 is 2.43 bits per heavy atom. The molecule has 0 aliphatic carbocycles. The lowest BCUT2D eigenvalue weighted by atomic mass is 10.2. The van der Waals surface area contributed by atoms with Gasteiger partial charge in [-0.1, -0.05) is 28.1 Å². The van der Waals surface area contributed by atoms with Gasteiger partial charge in [0.2, 0.25) is 10.0 Å². The van der Waals surface area contributed by atoms with Gasteiger partial charge in [-0.3, -0.25) is 0 Å². The third-order valence-electron chi connectivity index (χ3n) is 2.98. The van der Waals surface area contributed by atoms with E-state index in [1.165, 1.54) is 37.4 Å². The average Bonchev–Trinajstić information content (AvgIpc) is 2.54. The average molecular weight is 418 g/mol. The number of halogens is 1. The first-order chi connectivity index (χ1) is 10.8. The van der Waals surface area contributed by atoms with Gasteiger partial charge in [0.25, 0.3) is 0 Å². The highest BCUT2D eigenvalue weighted by atomic mass is 79.9. The van der Waals surface area contributed by atoms with E-state index in [9.17, 15) is 22.5 Å². The first-order valence-corrected chi connectivity index (χ1v) is 9.67. The summed E-state index contributed by atoms with van der Waals surface area (Å²) in [6.07, 6.45) is 0. The molecule has 2 aromatic carbocycles. The Hall–Kier alpha value is -1.55. The second-order valence-electron chi connectivity index (χ2n) is 4.37. The third kappa shape index (κ3) is 3.69. The largest absolute Gasteiger partial charge is 0.478 e. The van der Waals surface area contributed by atoms with Gasteiger partial charge < -0.3 is 5.11 Å². The molecule has 0 heterocycles. The van der Waals surface area contributed by atoms with Crippen LogP contribution >= 0.6 is 15.9 Å². The Bertz CT molecular complexity index is 896. The smallest absolute Gasteiger partial charge is 0.336 e. The number of carboxylic acids is 1. The van der Waals surface area contributed by atoms with Gasteiger partial charge in [-0.25, -0.2) is 22.1 Å². The van der Waals surface area contributed by atoms with Crippen LogP contribution in [0.3, 0.4) is 0 Å². The minimum atomic E-state index is -3.86. The molecule has 0 saturated heterocycles. The minimum absolute atomic E-state index is 0.0104. The van der Waals surface area contributed by atoms with Crippen molar-refractivity contribution >= 4 is 42.7 Å². The second-order valence-corrected chi connectivity index (χ2v) is 8.56. The van der Waals surface area contributed by atoms with Crippen molar-refractivity contribution in [2.75, 3.05) is 7.05 Å². The minimum Gasteiger partial charge on any atom is -0.478 e. The van der Waals surface area contributed by atoms with Crippen LogP contribution in [-0.4, -0.2) is 30.8 Å². The van der Waals surface area contributed by atoms with E-state index in [0.717, 1.165) is 0 Å². The van der Waals surface area contributed by atoms with Gasteiger partial charge in [-0.05, 0) is 37.4 Å². The SMILES string of the molecule is CNS(=O)(=O)c1cc(Br)ccc1[S@@](=O)c1ccccc1C(=O)O. The van der Waals surface area contributed by atoms with Gasteiger partial charge >= 0.3 is 5.97 Å². The normalized spacial score (nSPS) is 12.8. The van der Waals surface area contributed by atoms with Crippen LogP contribution in [0.25, 0.3) is 0 Å². The molecular formula is C14H12BrNO5S2. The number of hydrogen-bond donors (Lipinski definition) is 2. The van der Waals surface area contributed by atoms with Gasteiger partial charge in [-0.15, -0.1) is 0 Å². The number of benzene rings is 2. The van der Waals surface area contributed by atoms with Gasteiger partial charge in [0.15, 0.2) is 0 Å². The summed E-state index contributed by atoms with van der Waals surface area (Å²) >= 11 is 3.18. The van der Waals surface area contributed by atoms with Crippen LogP contribution in [0.4, 0.5) is 0 Å². The molecule has 0 aliphatic rings. The molecule has 0 saturated carbocycles. The maximum absolute atomic E-state index is 12.8. The maximum Gasteiger partial charge on any atom is 0.336 e. The molecule has 6 nitrogen and oxygen atoms in total. The maximum atomic E-state index is 12.8. The molecular weight excluding hydrogens is 406 g/mol. The number of sulfonamides is 1. The number of nitrogens with one attached hydrogen (secondary N) is 1. The van der Waals surface area contributed by atoms with E-state index in [-0.39, 0.29) is 20.2 Å². The summed E-state index contributed by atoms with van der Waals surface area (Å²) in [6.45, 7) is 0. The first-order valence-electron chi connectivity index (χ1n) is 6.25. The molecule has 0 fully saturated rings. The van der Waals surface area contributed by atoms with E-state index in [1.807, 2.05) is 0 Å². The summed E-state index contributed by atoms with van der Waals surface area (Å²) in [5.41, 5.74) is -0.137. The van der Waals surface area contributed by atoms with Crippen molar-refractivity contribution in [1.82, 2.24) is 4.72 Å². The molecule has 23 heavy (non-hydrogen) atoms. The predicted octanol–water partition coefficient (Wildman–Crippen LogP) is 2.22. The quantitative estimate of drug-likeness (QED) is 0.776. The van der Waals surface area contributed by atoms with Crippen molar-refractivity contribution in [3.8, 4) is 0 Å². The molecule has 122 valence electrons. The van der Waals surface area contributed by atoms with E-state index >= 15 is 0 Å². The molecule has 0 amide bonds. The summed E-state index contributed by atoms with van der Waals surface area (Å²) < 4.78 is 39.8. The zero-order chi connectivity index (χ0) is 17.2. The Kier molecular flexibility index (Phi) is 5.35. The Morgan fingerprint density at radius 1 is 1.17 bits per heavy atom. The van der Waals surface area contributed by atoms with Crippen molar-refractivity contribution in [3.05, 3.63) is 52.5 Å². The van der Waals surface area contributed by atoms with Crippen molar-refractivity contribution in [2.24, 2.45) is 0 Å². The van der Waals surface area contributed by atoms with Gasteiger partial charge in [0.05, 0.1) is 31.0 Å². The fourth-order valence-corrected chi connectivity index (χ4v) is 5.01. The van der Waals surface area contributed by atoms with E-state index < -0.39 is 26.8 Å². The summed E-state index contributed by atoms with van der Waals surface area (Å²) in [7, 11) is -4.58. The van der Waals surface area contributed by atoms with E-state index in [2.05, 4.69) is 20.7 Å². The van der Waals surface area contributed by atoms with Gasteiger partial charge in [0, 0.05) is 4.47 Å². The third-order valence-corrected chi connectivity index (χ3v) is 6.57. The molecule has 0 unspecified atom stereocenters. The summed E-state index contributed by atoms with van der Waals surface area (Å²) in [5, 5.41) is 9.21. The van der Waals surface area contributed by atoms with Crippen LogP contribution in [0.5, 0.6) is 0 Å². The van der Waals surface area contributed by atoms with Crippen LogP contribution in [0, 0.1) is 0 Å². The highest BCUT2D eigenvalue weighted by molar-refractivity contribution is 9.10. The van der Waals surface area contributed by atoms with E-state index in [0.29, 0.717) is 4.47 Å². The number of carbonyl (C=O) groups is 1. The van der Waals surface area contributed by atoms with Gasteiger partial charge in [0.1, 0.15) is 0 Å². The molecule has 0 radical (unpaired) electrons. The number of carboxylic acid groups (broad SMARTS) is 1. The Morgan fingerprint density at radius 2 is 1.83 bits per heavy atom. The van der Waals surface area contributed by atoms with Crippen molar-refractivity contribution in [2.45, 2.75) is 14.7 Å². The fourth-order valence-electron chi connectivity index (χ4n) is 1.88. The second kappa shape index (κ2) is 6.91. The molecule has 1 atom stereocenters. The number of rotatable bonds is 5. The zero-order valence-corrected chi connectivity index (χ0v) is 15.0. The lowest BCUT2D eigenvalue weighted by molar-refractivity contribution is 0.0693. The number of hydrogen-bond acceptors (Lipinski definition) is 4. The van der Waals surface area contributed by atoms with Crippen LogP contribution in [-0.2, 0) is 20.8 Å². The highest BCUT2D eigenvalue weighted by Crippen LogP contribution is 2.28. The number of aromatic carboxylic acids is 1. The first kappa shape index (κ1) is 17.8. The van der Waals surface area contributed by atoms with Crippen LogP contribution in [0.15, 0.2) is 61.6 Å². The molecule has 2 rings (SSSR count). The van der Waals surface area contributed by atoms with Gasteiger partial charge in [-0.2, -0.15) is 0 Å². The van der Waals surface area contributed by atoms with Crippen LogP contribution < -0.4 is 4.72 Å². The Labute approximate surface area is 144 Å². The molecule has 0 aromatic heterocycles. The van der Waals surface area contributed by atoms with Crippen molar-refractivity contribution in [1.29, 1.82) is 0 Å². The molecule has 0 spiro atoms. The van der Waals surface area contributed by atoms with Crippen LogP contribution in [0.2, 0.25) is 0 Å². The lowest BCUT2D eigenvalue weighted by Gasteiger charge is -2.11. The topological polar surface area (TPSA) is 101 Å². The Balaban J connectivity index is 2.69. The monoisotopic (exact) mass is 417 g/mol. The molecule has 2 N–H and O–H groups in total. The van der Waals surface area contributed by atoms with Crippen molar-refractivity contribution in [3.63, 3.8) is 0 Å². The summed E-state index contributed by atoms with van der Waals surface area (Å²) in [4.78, 5) is 11.2. The summed E-state index contributed by atoms with van der Waals surface area (Å²) in [5.74, 6) is -1.23. The molecule has 2 aromatic rings. The molecule has 9 heteroatoms. The standard InChI is InChI=1S/C14H12BrNO5S2/c1-16-23(20,21)13-8-9(15)6-7-12(13)22(19)11-5-3-2-4-10(11)14(17)18/h2-8,16H,1H3,(H,17,18)/t22-/m0/s1. The zero-order valence-electron chi connectivity index (χ0n) is 11.8. The van der Waals surface area contributed by atoms with Crippen molar-refractivity contribution < 1.29 is 22.5 Å². The van der Waals surface area contributed by atoms with E-state index in [1.54, 1.807) is 12.1 Å². The van der Waals surface area contributed by atoms with Crippen LogP contribution in [0.1, 0.15) is 10.4 Å². The lowest BCUT2D eigenvalue weighted by Crippen LogP contribution is -2.20. The van der Waals surface area contributed by atoms with E-state index in [4.69, 9.17) is 0 Å². The summed E-state index contributed by atoms with van der Waals surface area (Å²) in [6, 6.07) is 10.0. The fraction of sp³-hybridized carbons (Fsp3) is 0.0714.